The van der Waals surface area contributed by atoms with Crippen LogP contribution in [0.15, 0.2) is 72.8 Å². The van der Waals surface area contributed by atoms with Crippen LogP contribution in [0, 0.1) is 5.41 Å². The molecule has 2 aliphatic rings. The van der Waals surface area contributed by atoms with E-state index in [9.17, 15) is 14.4 Å². The first-order valence-electron chi connectivity index (χ1n) is 12.7. The monoisotopic (exact) mass is 505 g/mol. The van der Waals surface area contributed by atoms with Gasteiger partial charge in [0.25, 0.3) is 0 Å². The lowest BCUT2D eigenvalue weighted by Crippen LogP contribution is -2.56. The number of carbonyl (C=O) groups is 3. The number of ketones is 1. The van der Waals surface area contributed by atoms with Crippen LogP contribution in [0.3, 0.4) is 0 Å². The van der Waals surface area contributed by atoms with Gasteiger partial charge >= 0.3 is 12.0 Å². The molecule has 2 aromatic rings. The third-order valence-electron chi connectivity index (χ3n) is 7.30. The molecular formula is C29H35N3O5. The molecule has 2 aromatic carbocycles. The zero-order valence-corrected chi connectivity index (χ0v) is 21.5. The van der Waals surface area contributed by atoms with Crippen molar-refractivity contribution in [3.8, 4) is 0 Å². The van der Waals surface area contributed by atoms with Gasteiger partial charge in [-0.05, 0) is 38.0 Å². The van der Waals surface area contributed by atoms with E-state index in [0.29, 0.717) is 39.1 Å². The highest BCUT2D eigenvalue weighted by Gasteiger charge is 2.55. The van der Waals surface area contributed by atoms with Gasteiger partial charge in [0, 0.05) is 44.0 Å². The Labute approximate surface area is 218 Å². The Hall–Kier alpha value is -3.49. The fraction of sp³-hybridized carbons (Fsp3) is 0.414. The average Bonchev–Trinajstić information content (AvgIpc) is 2.93. The molecule has 2 saturated heterocycles. The summed E-state index contributed by atoms with van der Waals surface area (Å²) in [5, 5.41) is 2.92. The van der Waals surface area contributed by atoms with Crippen LogP contribution in [-0.2, 0) is 25.7 Å². The van der Waals surface area contributed by atoms with Crippen LogP contribution in [0.5, 0.6) is 0 Å². The van der Waals surface area contributed by atoms with Crippen molar-refractivity contribution in [1.29, 1.82) is 0 Å². The fourth-order valence-electron chi connectivity index (χ4n) is 4.78. The summed E-state index contributed by atoms with van der Waals surface area (Å²) in [6.07, 6.45) is -0.620. The second-order valence-corrected chi connectivity index (χ2v) is 9.80. The molecule has 2 amide bonds. The van der Waals surface area contributed by atoms with E-state index in [1.54, 1.807) is 18.7 Å². The summed E-state index contributed by atoms with van der Waals surface area (Å²) in [6.45, 7) is 10.6. The number of amides is 2. The molecule has 4 rings (SSSR count). The quantitative estimate of drug-likeness (QED) is 0.349. The van der Waals surface area contributed by atoms with E-state index >= 15 is 0 Å². The number of hydrogen-bond donors (Lipinski definition) is 1. The normalized spacial score (nSPS) is 24.5. The molecule has 2 aliphatic heterocycles. The third kappa shape index (κ3) is 6.09. The Kier molecular flexibility index (Phi) is 8.41. The number of esters is 1. The number of piperazine rings is 1. The number of rotatable bonds is 7. The zero-order chi connectivity index (χ0) is 26.4. The molecule has 2 fully saturated rings. The van der Waals surface area contributed by atoms with Crippen LogP contribution in [0.4, 0.5) is 10.5 Å². The molecule has 1 N–H and O–H groups in total. The van der Waals surface area contributed by atoms with Crippen LogP contribution in [0.2, 0.25) is 0 Å². The lowest BCUT2D eigenvalue weighted by molar-refractivity contribution is -0.178. The van der Waals surface area contributed by atoms with E-state index in [2.05, 4.69) is 16.8 Å². The molecule has 0 unspecified atom stereocenters. The van der Waals surface area contributed by atoms with Gasteiger partial charge < -0.3 is 19.7 Å². The van der Waals surface area contributed by atoms with E-state index in [1.165, 1.54) is 0 Å². The minimum absolute atomic E-state index is 0.0876. The van der Waals surface area contributed by atoms with Crippen molar-refractivity contribution in [2.24, 2.45) is 5.41 Å². The summed E-state index contributed by atoms with van der Waals surface area (Å²) in [5.41, 5.74) is 0.439. The summed E-state index contributed by atoms with van der Waals surface area (Å²) in [5.74, 6) is -0.918. The molecule has 0 aromatic heterocycles. The molecule has 3 atom stereocenters. The molecule has 0 bridgehead atoms. The van der Waals surface area contributed by atoms with Crippen molar-refractivity contribution < 1.29 is 23.9 Å². The Morgan fingerprint density at radius 1 is 1.05 bits per heavy atom. The number of hydrogen-bond acceptors (Lipinski definition) is 6. The molecular weight excluding hydrogens is 470 g/mol. The van der Waals surface area contributed by atoms with Crippen LogP contribution in [-0.4, -0.2) is 72.5 Å². The summed E-state index contributed by atoms with van der Waals surface area (Å²) >= 11 is 0. The van der Waals surface area contributed by atoms with Crippen LogP contribution < -0.4 is 5.32 Å². The largest absolute Gasteiger partial charge is 0.460 e. The predicted octanol–water partition coefficient (Wildman–Crippen LogP) is 3.89. The number of benzene rings is 2. The highest BCUT2D eigenvalue weighted by atomic mass is 16.5. The maximum Gasteiger partial charge on any atom is 0.322 e. The molecule has 8 nitrogen and oxygen atoms in total. The average molecular weight is 506 g/mol. The van der Waals surface area contributed by atoms with E-state index in [1.807, 2.05) is 60.7 Å². The molecule has 2 heterocycles. The lowest BCUT2D eigenvalue weighted by Gasteiger charge is -2.42. The maximum absolute atomic E-state index is 13.3. The number of ether oxygens (including phenoxy) is 2. The minimum Gasteiger partial charge on any atom is -0.460 e. The molecule has 8 heteroatoms. The van der Waals surface area contributed by atoms with Crippen LogP contribution in [0.25, 0.3) is 0 Å². The SMILES string of the molecule is C=C1C(=O)[C@](C)(C(=O)OCc2ccccc2)[C@@H](CCN2CCN(C(=O)Nc3ccccc3)CC2)O[C@H]1C. The third-order valence-corrected chi connectivity index (χ3v) is 7.30. The number of para-hydroxylation sites is 1. The highest BCUT2D eigenvalue weighted by Crippen LogP contribution is 2.39. The first kappa shape index (κ1) is 26.6. The van der Waals surface area contributed by atoms with Gasteiger partial charge in [0.05, 0.1) is 12.2 Å². The molecule has 0 saturated carbocycles. The predicted molar refractivity (Wildman–Crippen MR) is 141 cm³/mol. The fourth-order valence-corrected chi connectivity index (χ4v) is 4.78. The smallest absolute Gasteiger partial charge is 0.322 e. The first-order chi connectivity index (χ1) is 17.8. The Balaban J connectivity index is 1.34. The van der Waals surface area contributed by atoms with Crippen LogP contribution >= 0.6 is 0 Å². The number of anilines is 1. The number of nitrogens with zero attached hydrogens (tertiary/aromatic N) is 2. The number of Topliss-reactive ketones (excluding diaryl/α,β-unsaturated/α-hetero) is 1. The zero-order valence-electron chi connectivity index (χ0n) is 21.5. The molecule has 196 valence electrons. The first-order valence-corrected chi connectivity index (χ1v) is 12.7. The summed E-state index contributed by atoms with van der Waals surface area (Å²) in [7, 11) is 0. The Bertz CT molecular complexity index is 1110. The number of nitrogens with one attached hydrogen (secondary N) is 1. The van der Waals surface area contributed by atoms with Crippen LogP contribution in [0.1, 0.15) is 25.8 Å². The van der Waals surface area contributed by atoms with E-state index < -0.39 is 23.6 Å². The van der Waals surface area contributed by atoms with Crippen molar-refractivity contribution in [2.75, 3.05) is 38.0 Å². The topological polar surface area (TPSA) is 88.2 Å². The van der Waals surface area contributed by atoms with Gasteiger partial charge in [-0.15, -0.1) is 0 Å². The molecule has 0 radical (unpaired) electrons. The van der Waals surface area contributed by atoms with Gasteiger partial charge in [0.1, 0.15) is 6.61 Å². The summed E-state index contributed by atoms with van der Waals surface area (Å²) in [6, 6.07) is 18.6. The van der Waals surface area contributed by atoms with E-state index in [4.69, 9.17) is 9.47 Å². The standard InChI is InChI=1S/C29H35N3O5/c1-21-22(2)37-25(29(3,26(21)33)27(34)36-20-23-10-6-4-7-11-23)14-15-31-16-18-32(19-17-31)28(35)30-24-12-8-5-9-13-24/h4-13,22,25H,1,14-20H2,2-3H3,(H,30,35)/t22-,25+,29+/m0/s1. The second-order valence-electron chi connectivity index (χ2n) is 9.80. The summed E-state index contributed by atoms with van der Waals surface area (Å²) < 4.78 is 11.7. The van der Waals surface area contributed by atoms with Gasteiger partial charge in [-0.1, -0.05) is 55.1 Å². The van der Waals surface area contributed by atoms with Crippen molar-refractivity contribution in [3.05, 3.63) is 78.4 Å². The second kappa shape index (κ2) is 11.7. The summed E-state index contributed by atoms with van der Waals surface area (Å²) in [4.78, 5) is 43.2. The molecule has 37 heavy (non-hydrogen) atoms. The number of urea groups is 1. The molecule has 0 aliphatic carbocycles. The minimum atomic E-state index is -1.46. The Morgan fingerprint density at radius 2 is 1.68 bits per heavy atom. The van der Waals surface area contributed by atoms with E-state index in [-0.39, 0.29) is 24.0 Å². The van der Waals surface area contributed by atoms with Crippen molar-refractivity contribution >= 4 is 23.5 Å². The van der Waals surface area contributed by atoms with Crippen molar-refractivity contribution in [2.45, 2.75) is 39.1 Å². The van der Waals surface area contributed by atoms with Crippen molar-refractivity contribution in [1.82, 2.24) is 9.80 Å². The van der Waals surface area contributed by atoms with Gasteiger partial charge in [-0.25, -0.2) is 4.79 Å². The van der Waals surface area contributed by atoms with Gasteiger partial charge in [-0.3, -0.25) is 14.5 Å². The Morgan fingerprint density at radius 3 is 2.32 bits per heavy atom. The van der Waals surface area contributed by atoms with Gasteiger partial charge in [0.15, 0.2) is 11.2 Å². The van der Waals surface area contributed by atoms with E-state index in [0.717, 1.165) is 11.3 Å². The number of carbonyl (C=O) groups excluding carboxylic acids is 3. The molecule has 0 spiro atoms. The lowest BCUT2D eigenvalue weighted by atomic mass is 9.73. The maximum atomic E-state index is 13.3. The highest BCUT2D eigenvalue weighted by molar-refractivity contribution is 6.13. The van der Waals surface area contributed by atoms with Gasteiger partial charge in [-0.2, -0.15) is 0 Å². The van der Waals surface area contributed by atoms with Crippen molar-refractivity contribution in [3.63, 3.8) is 0 Å². The van der Waals surface area contributed by atoms with Gasteiger partial charge in [0.2, 0.25) is 0 Å².